The third-order valence-corrected chi connectivity index (χ3v) is 4.69. The van der Waals surface area contributed by atoms with E-state index in [1.165, 1.54) is 12.1 Å². The van der Waals surface area contributed by atoms with Crippen molar-refractivity contribution in [2.75, 3.05) is 46.0 Å². The molecule has 2 N–H and O–H groups in total. The van der Waals surface area contributed by atoms with Gasteiger partial charge in [-0.3, -0.25) is 9.69 Å². The second kappa shape index (κ2) is 8.09. The van der Waals surface area contributed by atoms with Crippen molar-refractivity contribution in [1.29, 1.82) is 0 Å². The number of halogens is 1. The lowest BCUT2D eigenvalue weighted by Gasteiger charge is -2.43. The summed E-state index contributed by atoms with van der Waals surface area (Å²) in [5.41, 5.74) is 0. The fraction of sp³-hybridized carbons (Fsp3) is 0.588. The number of aliphatic hydroxyl groups is 2. The molecule has 2 aliphatic heterocycles. The number of ether oxygens (including phenoxy) is 2. The van der Waals surface area contributed by atoms with E-state index in [0.29, 0.717) is 32.8 Å². The molecular formula is C17H23FN2O5. The maximum Gasteiger partial charge on any atom is 0.260 e. The van der Waals surface area contributed by atoms with E-state index in [2.05, 4.69) is 0 Å². The molecular weight excluding hydrogens is 331 g/mol. The van der Waals surface area contributed by atoms with Crippen LogP contribution in [0.1, 0.15) is 0 Å². The number of amides is 1. The molecule has 2 saturated heterocycles. The van der Waals surface area contributed by atoms with Crippen molar-refractivity contribution in [3.8, 4) is 5.75 Å². The smallest absolute Gasteiger partial charge is 0.260 e. The van der Waals surface area contributed by atoms with Crippen LogP contribution < -0.4 is 4.74 Å². The highest BCUT2D eigenvalue weighted by molar-refractivity contribution is 5.77. The molecule has 1 amide bonds. The van der Waals surface area contributed by atoms with E-state index in [4.69, 9.17) is 9.47 Å². The molecule has 0 radical (unpaired) electrons. The number of aliphatic hydroxyl groups excluding tert-OH is 2. The van der Waals surface area contributed by atoms with Gasteiger partial charge in [0.05, 0.1) is 25.4 Å². The van der Waals surface area contributed by atoms with Crippen molar-refractivity contribution >= 4 is 5.91 Å². The van der Waals surface area contributed by atoms with Crippen molar-refractivity contribution in [3.05, 3.63) is 30.1 Å². The summed E-state index contributed by atoms with van der Waals surface area (Å²) in [6.45, 7) is 2.41. The first-order valence-electron chi connectivity index (χ1n) is 8.39. The van der Waals surface area contributed by atoms with E-state index in [-0.39, 0.29) is 30.9 Å². The lowest BCUT2D eigenvalue weighted by molar-refractivity contribution is -0.145. The van der Waals surface area contributed by atoms with Crippen LogP contribution in [0.3, 0.4) is 0 Å². The maximum atomic E-state index is 13.5. The molecule has 1 aromatic rings. The Morgan fingerprint density at radius 1 is 1.20 bits per heavy atom. The van der Waals surface area contributed by atoms with E-state index in [9.17, 15) is 19.4 Å². The molecule has 2 fully saturated rings. The number of carbonyl (C=O) groups is 1. The lowest BCUT2D eigenvalue weighted by Crippen LogP contribution is -2.61. The van der Waals surface area contributed by atoms with Gasteiger partial charge < -0.3 is 24.6 Å². The van der Waals surface area contributed by atoms with E-state index < -0.39 is 18.0 Å². The molecule has 0 aliphatic carbocycles. The molecule has 0 spiro atoms. The molecule has 3 rings (SSSR count). The van der Waals surface area contributed by atoms with Gasteiger partial charge in [0.1, 0.15) is 6.10 Å². The molecule has 1 aromatic carbocycles. The van der Waals surface area contributed by atoms with E-state index in [0.717, 1.165) is 0 Å². The number of rotatable bonds is 4. The van der Waals surface area contributed by atoms with Crippen molar-refractivity contribution in [2.24, 2.45) is 0 Å². The molecule has 25 heavy (non-hydrogen) atoms. The first kappa shape index (κ1) is 18.1. The fourth-order valence-corrected chi connectivity index (χ4v) is 3.18. The minimum absolute atomic E-state index is 0.0611. The Morgan fingerprint density at radius 3 is 2.64 bits per heavy atom. The Bertz CT molecular complexity index is 594. The van der Waals surface area contributed by atoms with Crippen molar-refractivity contribution < 1.29 is 28.9 Å². The minimum Gasteiger partial charge on any atom is -0.481 e. The van der Waals surface area contributed by atoms with Crippen LogP contribution in [0.4, 0.5) is 4.39 Å². The average Bonchev–Trinajstić information content (AvgIpc) is 2.63. The predicted octanol–water partition coefficient (Wildman–Crippen LogP) is -0.531. The SMILES string of the molecule is O=C(COc1ccccc1F)N1CCN([C@@H]2COC[C@@H](O)[C@H]2O)CC1. The van der Waals surface area contributed by atoms with Crippen LogP contribution >= 0.6 is 0 Å². The van der Waals surface area contributed by atoms with Gasteiger partial charge in [0.2, 0.25) is 0 Å². The third kappa shape index (κ3) is 4.27. The number of benzene rings is 1. The summed E-state index contributed by atoms with van der Waals surface area (Å²) in [7, 11) is 0. The highest BCUT2D eigenvalue weighted by Crippen LogP contribution is 2.18. The van der Waals surface area contributed by atoms with Crippen LogP contribution in [0.5, 0.6) is 5.75 Å². The fourth-order valence-electron chi connectivity index (χ4n) is 3.18. The zero-order chi connectivity index (χ0) is 17.8. The summed E-state index contributed by atoms with van der Waals surface area (Å²) in [4.78, 5) is 15.9. The minimum atomic E-state index is -0.882. The van der Waals surface area contributed by atoms with Gasteiger partial charge in [-0.15, -0.1) is 0 Å². The summed E-state index contributed by atoms with van der Waals surface area (Å²) in [5, 5.41) is 19.8. The van der Waals surface area contributed by atoms with E-state index >= 15 is 0 Å². The Balaban J connectivity index is 1.47. The number of carbonyl (C=O) groups excluding carboxylic acids is 1. The Labute approximate surface area is 145 Å². The third-order valence-electron chi connectivity index (χ3n) is 4.69. The van der Waals surface area contributed by atoms with E-state index in [1.807, 2.05) is 4.90 Å². The van der Waals surface area contributed by atoms with Gasteiger partial charge in [-0.05, 0) is 12.1 Å². The van der Waals surface area contributed by atoms with Crippen LogP contribution in [0.15, 0.2) is 24.3 Å². The molecule has 138 valence electrons. The monoisotopic (exact) mass is 354 g/mol. The van der Waals surface area contributed by atoms with E-state index in [1.54, 1.807) is 17.0 Å². The molecule has 0 aromatic heterocycles. The van der Waals surface area contributed by atoms with Crippen LogP contribution in [-0.4, -0.2) is 90.2 Å². The van der Waals surface area contributed by atoms with Gasteiger partial charge in [-0.2, -0.15) is 0 Å². The van der Waals surface area contributed by atoms with Crippen LogP contribution in [0.25, 0.3) is 0 Å². The number of nitrogens with zero attached hydrogens (tertiary/aromatic N) is 2. The topological polar surface area (TPSA) is 82.5 Å². The molecule has 3 atom stereocenters. The highest BCUT2D eigenvalue weighted by atomic mass is 19.1. The molecule has 0 saturated carbocycles. The van der Waals surface area contributed by atoms with Gasteiger partial charge in [0.15, 0.2) is 18.2 Å². The highest BCUT2D eigenvalue weighted by Gasteiger charge is 2.37. The first-order valence-corrected chi connectivity index (χ1v) is 8.39. The van der Waals surface area contributed by atoms with Gasteiger partial charge in [0.25, 0.3) is 5.91 Å². The lowest BCUT2D eigenvalue weighted by atomic mass is 10.0. The Kier molecular flexibility index (Phi) is 5.85. The van der Waals surface area contributed by atoms with Crippen molar-refractivity contribution in [3.63, 3.8) is 0 Å². The van der Waals surface area contributed by atoms with Crippen LogP contribution in [0, 0.1) is 5.82 Å². The number of hydrogen-bond donors (Lipinski definition) is 2. The van der Waals surface area contributed by atoms with Gasteiger partial charge in [-0.1, -0.05) is 12.1 Å². The summed E-state index contributed by atoms with van der Waals surface area (Å²) in [5.74, 6) is -0.640. The molecule has 2 aliphatic rings. The quantitative estimate of drug-likeness (QED) is 0.757. The summed E-state index contributed by atoms with van der Waals surface area (Å²) < 4.78 is 24.1. The summed E-state index contributed by atoms with van der Waals surface area (Å²) in [6.07, 6.45) is -1.73. The number of para-hydroxylation sites is 1. The summed E-state index contributed by atoms with van der Waals surface area (Å²) in [6, 6.07) is 5.70. The Hall–Kier alpha value is -1.74. The predicted molar refractivity (Wildman–Crippen MR) is 86.7 cm³/mol. The second-order valence-electron chi connectivity index (χ2n) is 6.30. The first-order chi connectivity index (χ1) is 12.1. The zero-order valence-electron chi connectivity index (χ0n) is 13.9. The second-order valence-corrected chi connectivity index (χ2v) is 6.30. The molecule has 7 nitrogen and oxygen atoms in total. The van der Waals surface area contributed by atoms with Crippen molar-refractivity contribution in [1.82, 2.24) is 9.80 Å². The molecule has 0 unspecified atom stereocenters. The normalized spacial score (nSPS) is 28.0. The standard InChI is InChI=1S/C17H23FN2O5/c18-12-3-1-2-4-15(12)25-11-16(22)20-7-5-19(6-8-20)13-9-24-10-14(21)17(13)23/h1-4,13-14,17,21,23H,5-11H2/t13-,14-,17+/m1/s1. The van der Waals surface area contributed by atoms with Crippen LogP contribution in [0.2, 0.25) is 0 Å². The Morgan fingerprint density at radius 2 is 1.92 bits per heavy atom. The van der Waals surface area contributed by atoms with Crippen LogP contribution in [-0.2, 0) is 9.53 Å². The van der Waals surface area contributed by atoms with Gasteiger partial charge >= 0.3 is 0 Å². The molecule has 2 heterocycles. The van der Waals surface area contributed by atoms with Gasteiger partial charge in [0, 0.05) is 26.2 Å². The van der Waals surface area contributed by atoms with Crippen molar-refractivity contribution in [2.45, 2.75) is 18.2 Å². The number of hydrogen-bond acceptors (Lipinski definition) is 6. The largest absolute Gasteiger partial charge is 0.481 e. The zero-order valence-corrected chi connectivity index (χ0v) is 13.9. The molecule has 0 bridgehead atoms. The molecule has 8 heteroatoms. The maximum absolute atomic E-state index is 13.5. The van der Waals surface area contributed by atoms with Gasteiger partial charge in [-0.25, -0.2) is 4.39 Å². The average molecular weight is 354 g/mol. The summed E-state index contributed by atoms with van der Waals surface area (Å²) >= 11 is 0. The number of piperazine rings is 1.